The molecule has 77 valence electrons. The summed E-state index contributed by atoms with van der Waals surface area (Å²) in [6, 6.07) is 0. The minimum absolute atomic E-state index is 0. The number of hydrogen-bond acceptors (Lipinski definition) is 0. The first kappa shape index (κ1) is 13.5. The van der Waals surface area contributed by atoms with Crippen LogP contribution in [0.3, 0.4) is 0 Å². The van der Waals surface area contributed by atoms with Crippen molar-refractivity contribution in [3.63, 3.8) is 0 Å². The molecule has 0 heterocycles. The van der Waals surface area contributed by atoms with Gasteiger partial charge in [-0.2, -0.15) is 0 Å². The maximum absolute atomic E-state index is 2.25. The molecule has 0 amide bonds. The zero-order valence-electron chi connectivity index (χ0n) is 6.77. The summed E-state index contributed by atoms with van der Waals surface area (Å²) in [5.41, 5.74) is 0. The van der Waals surface area contributed by atoms with Crippen LogP contribution in [0.1, 0.15) is 0 Å². The van der Waals surface area contributed by atoms with Crippen molar-refractivity contribution in [2.75, 3.05) is 0 Å². The molecule has 2 radical (unpaired) electrons. The quantitative estimate of drug-likeness (QED) is 0.736. The van der Waals surface area contributed by atoms with Gasteiger partial charge in [-0.3, -0.25) is 0 Å². The fraction of sp³-hybridized carbons (Fsp3) is 0.200. The van der Waals surface area contributed by atoms with E-state index < -0.39 is 0 Å². The second-order valence-corrected chi connectivity index (χ2v) is 4.22. The topological polar surface area (TPSA) is 0 Å². The fourth-order valence-electron chi connectivity index (χ4n) is 1.09. The van der Waals surface area contributed by atoms with Crippen LogP contribution in [0.2, 0.25) is 9.70 Å². The van der Waals surface area contributed by atoms with Gasteiger partial charge in [-0.25, -0.2) is 0 Å². The molecule has 0 fully saturated rings. The summed E-state index contributed by atoms with van der Waals surface area (Å²) in [5, 5.41) is 0. The van der Waals surface area contributed by atoms with E-state index in [1.165, 1.54) is 14.7 Å². The predicted molar refractivity (Wildman–Crippen MR) is 44.1 cm³/mol. The van der Waals surface area contributed by atoms with E-state index in [1.807, 2.05) is 0 Å². The van der Waals surface area contributed by atoms with Crippen LogP contribution in [0.4, 0.5) is 0 Å². The van der Waals surface area contributed by atoms with Crippen molar-refractivity contribution in [1.82, 2.24) is 0 Å². The van der Waals surface area contributed by atoms with Crippen LogP contribution < -0.4 is 0 Å². The van der Waals surface area contributed by atoms with Crippen molar-refractivity contribution in [2.24, 2.45) is 0 Å². The van der Waals surface area contributed by atoms with Crippen molar-refractivity contribution in [3.8, 4) is 0 Å². The molecule has 0 aromatic rings. The molecule has 3 heteroatoms. The molecule has 0 atom stereocenters. The van der Waals surface area contributed by atoms with E-state index in [1.54, 1.807) is 0 Å². The average Bonchev–Trinajstić information content (AvgIpc) is 2.60. The third-order valence-corrected chi connectivity index (χ3v) is 3.23. The van der Waals surface area contributed by atoms with Gasteiger partial charge in [0.15, 0.2) is 0 Å². The molecular formula is C10H10Co3. The van der Waals surface area contributed by atoms with Gasteiger partial charge in [0.2, 0.25) is 0 Å². The maximum Gasteiger partial charge on any atom is 0 e. The van der Waals surface area contributed by atoms with Crippen LogP contribution in [-0.2, 0) is 48.3 Å². The zero-order chi connectivity index (χ0) is 7.52. The zero-order valence-corrected chi connectivity index (χ0v) is 9.90. The van der Waals surface area contributed by atoms with Gasteiger partial charge in [0.25, 0.3) is 0 Å². The molecule has 0 aromatic carbocycles. The van der Waals surface area contributed by atoms with Crippen molar-refractivity contribution in [1.29, 1.82) is 0 Å². The maximum atomic E-state index is 2.25. The number of allylic oxidation sites excluding steroid dienone is 8. The van der Waals surface area contributed by atoms with Crippen molar-refractivity contribution < 1.29 is 48.3 Å². The van der Waals surface area contributed by atoms with Crippen molar-refractivity contribution in [2.45, 2.75) is 9.70 Å². The summed E-state index contributed by atoms with van der Waals surface area (Å²) in [6.07, 6.45) is 17.5. The summed E-state index contributed by atoms with van der Waals surface area (Å²) in [5.74, 6) is 0. The molecule has 13 heavy (non-hydrogen) atoms. The van der Waals surface area contributed by atoms with Crippen molar-refractivity contribution in [3.05, 3.63) is 48.6 Å². The molecule has 0 spiro atoms. The molecular weight excluding hydrogens is 297 g/mol. The Kier molecular flexibility index (Phi) is 7.12. The van der Waals surface area contributed by atoms with Crippen molar-refractivity contribution >= 4 is 0 Å². The molecule has 2 aliphatic rings. The van der Waals surface area contributed by atoms with E-state index in [0.717, 1.165) is 0 Å². The first-order valence-electron chi connectivity index (χ1n) is 3.72. The summed E-state index contributed by atoms with van der Waals surface area (Å²) >= 11 is 1.51. The minimum atomic E-state index is 0. The minimum Gasteiger partial charge on any atom is 0 e. The van der Waals surface area contributed by atoms with Gasteiger partial charge in [0.1, 0.15) is 0 Å². The standard InChI is InChI=1S/2C5H5.3Co/c2*1-2-4-5-3-1;;;/h2*1-5H;;;. The Balaban J connectivity index is 0.000000720. The SMILES string of the molecule is C1=C[CH]([Co][CH]2C=CC=C2)C=C1.[Co].[Co]. The van der Waals surface area contributed by atoms with Gasteiger partial charge >= 0.3 is 73.0 Å². The van der Waals surface area contributed by atoms with Crippen LogP contribution in [0.5, 0.6) is 0 Å². The van der Waals surface area contributed by atoms with Gasteiger partial charge in [-0.05, 0) is 0 Å². The molecule has 0 nitrogen and oxygen atoms in total. The van der Waals surface area contributed by atoms with Crippen LogP contribution in [0, 0.1) is 0 Å². The third-order valence-electron chi connectivity index (χ3n) is 1.62. The molecule has 0 aromatic heterocycles. The summed E-state index contributed by atoms with van der Waals surface area (Å²) < 4.78 is 0. The normalized spacial score (nSPS) is 19.4. The first-order chi connectivity index (χ1) is 5.45. The Labute approximate surface area is 106 Å². The van der Waals surface area contributed by atoms with E-state index in [9.17, 15) is 0 Å². The Hall–Kier alpha value is 0.479. The van der Waals surface area contributed by atoms with Gasteiger partial charge in [0.05, 0.1) is 0 Å². The first-order valence-corrected chi connectivity index (χ1v) is 4.92. The van der Waals surface area contributed by atoms with E-state index in [0.29, 0.717) is 9.70 Å². The smallest absolute Gasteiger partial charge is 0 e. The van der Waals surface area contributed by atoms with Gasteiger partial charge < -0.3 is 0 Å². The monoisotopic (exact) mass is 307 g/mol. The number of rotatable bonds is 2. The van der Waals surface area contributed by atoms with E-state index in [4.69, 9.17) is 0 Å². The molecule has 2 rings (SSSR count). The number of hydrogen-bond donors (Lipinski definition) is 0. The summed E-state index contributed by atoms with van der Waals surface area (Å²) in [6.45, 7) is 0. The van der Waals surface area contributed by atoms with Crippen LogP contribution >= 0.6 is 0 Å². The Bertz CT molecular complexity index is 201. The molecule has 0 saturated carbocycles. The van der Waals surface area contributed by atoms with E-state index in [2.05, 4.69) is 48.6 Å². The van der Waals surface area contributed by atoms with Crippen LogP contribution in [0.15, 0.2) is 48.6 Å². The second-order valence-electron chi connectivity index (χ2n) is 2.48. The Morgan fingerprint density at radius 3 is 1.23 bits per heavy atom. The fourth-order valence-corrected chi connectivity index (χ4v) is 2.47. The van der Waals surface area contributed by atoms with Crippen LogP contribution in [0.25, 0.3) is 0 Å². The summed E-state index contributed by atoms with van der Waals surface area (Å²) in [7, 11) is 0. The molecule has 0 bridgehead atoms. The van der Waals surface area contributed by atoms with Gasteiger partial charge in [0, 0.05) is 33.6 Å². The van der Waals surface area contributed by atoms with E-state index >= 15 is 0 Å². The molecule has 0 unspecified atom stereocenters. The predicted octanol–water partition coefficient (Wildman–Crippen LogP) is 2.89. The average molecular weight is 307 g/mol. The van der Waals surface area contributed by atoms with Gasteiger partial charge in [-0.15, -0.1) is 0 Å². The summed E-state index contributed by atoms with van der Waals surface area (Å²) in [4.78, 5) is 1.28. The van der Waals surface area contributed by atoms with Crippen LogP contribution in [-0.4, -0.2) is 0 Å². The third kappa shape index (κ3) is 4.01. The Morgan fingerprint density at radius 2 is 0.923 bits per heavy atom. The molecule has 0 saturated heterocycles. The molecule has 0 N–H and O–H groups in total. The Morgan fingerprint density at radius 1 is 0.615 bits per heavy atom. The van der Waals surface area contributed by atoms with E-state index in [-0.39, 0.29) is 33.6 Å². The molecule has 2 aliphatic carbocycles. The largest absolute Gasteiger partial charge is 0 e. The van der Waals surface area contributed by atoms with Gasteiger partial charge in [-0.1, -0.05) is 0 Å². The molecule has 0 aliphatic heterocycles. The second kappa shape index (κ2) is 6.86.